The molecule has 1 rings (SSSR count). The minimum Gasteiger partial charge on any atom is -0.338 e. The Balaban J connectivity index is 3.06. The van der Waals surface area contributed by atoms with Crippen LogP contribution in [0, 0.1) is 5.92 Å². The summed E-state index contributed by atoms with van der Waals surface area (Å²) in [6.45, 7) is 1.45. The number of hydrogen-bond acceptors (Lipinski definition) is 2. The van der Waals surface area contributed by atoms with Crippen LogP contribution in [0.1, 0.15) is 12.7 Å². The maximum absolute atomic E-state index is 12.7. The molecule has 1 aromatic rings. The van der Waals surface area contributed by atoms with Gasteiger partial charge in [0, 0.05) is 31.9 Å². The van der Waals surface area contributed by atoms with Gasteiger partial charge >= 0.3 is 12.4 Å². The van der Waals surface area contributed by atoms with E-state index in [1.165, 1.54) is 30.9 Å². The van der Waals surface area contributed by atoms with E-state index in [9.17, 15) is 26.3 Å². The first-order chi connectivity index (χ1) is 9.07. The van der Waals surface area contributed by atoms with Crippen molar-refractivity contribution in [3.63, 3.8) is 0 Å². The molecule has 116 valence electrons. The largest absolute Gasteiger partial charge is 0.402 e. The van der Waals surface area contributed by atoms with Gasteiger partial charge in [-0.15, -0.1) is 0 Å². The van der Waals surface area contributed by atoms with Crippen molar-refractivity contribution < 1.29 is 26.3 Å². The van der Waals surface area contributed by atoms with Gasteiger partial charge in [-0.25, -0.2) is 4.98 Å². The van der Waals surface area contributed by atoms with E-state index in [1.807, 2.05) is 0 Å². The summed E-state index contributed by atoms with van der Waals surface area (Å²) in [7, 11) is 1.52. The molecule has 0 saturated heterocycles. The predicted octanol–water partition coefficient (Wildman–Crippen LogP) is 2.68. The summed E-state index contributed by atoms with van der Waals surface area (Å²) in [5.74, 6) is -3.26. The Morgan fingerprint density at radius 2 is 1.75 bits per heavy atom. The Bertz CT molecular complexity index is 409. The van der Waals surface area contributed by atoms with Crippen molar-refractivity contribution in [2.45, 2.75) is 31.7 Å². The van der Waals surface area contributed by atoms with Crippen LogP contribution in [0.2, 0.25) is 0 Å². The van der Waals surface area contributed by atoms with Crippen LogP contribution in [-0.4, -0.2) is 34.5 Å². The molecule has 1 heterocycles. The van der Waals surface area contributed by atoms with Gasteiger partial charge in [-0.2, -0.15) is 26.3 Å². The monoisotopic (exact) mass is 303 g/mol. The lowest BCUT2D eigenvalue weighted by atomic mass is 9.95. The molecule has 0 aliphatic rings. The summed E-state index contributed by atoms with van der Waals surface area (Å²) in [4.78, 5) is 3.77. The van der Waals surface area contributed by atoms with Crippen LogP contribution in [0.15, 0.2) is 12.4 Å². The normalized spacial score (nSPS) is 14.8. The van der Waals surface area contributed by atoms with Gasteiger partial charge in [0.25, 0.3) is 0 Å². The maximum atomic E-state index is 12.7. The fourth-order valence-corrected chi connectivity index (χ4v) is 2.00. The molecule has 3 nitrogen and oxygen atoms in total. The molecular formula is C11H15F6N3. The Morgan fingerprint density at radius 3 is 2.10 bits per heavy atom. The molecule has 20 heavy (non-hydrogen) atoms. The standard InChI is InChI=1S/C11H15F6N3/c1-3-18-7(6-8-19-4-5-20(8)2)9(10(12,13)14)11(15,16)17/h4-5,7,9,18H,3,6H2,1-2H3. The average Bonchev–Trinajstić information content (AvgIpc) is 2.60. The quantitative estimate of drug-likeness (QED) is 0.848. The first kappa shape index (κ1) is 16.8. The van der Waals surface area contributed by atoms with E-state index in [2.05, 4.69) is 10.3 Å². The van der Waals surface area contributed by atoms with E-state index in [0.717, 1.165) is 0 Å². The van der Waals surface area contributed by atoms with Crippen molar-refractivity contribution in [3.05, 3.63) is 18.2 Å². The van der Waals surface area contributed by atoms with Gasteiger partial charge in [0.1, 0.15) is 5.82 Å². The summed E-state index contributed by atoms with van der Waals surface area (Å²) in [6, 6.07) is -1.80. The molecule has 1 aromatic heterocycles. The molecule has 0 bridgehead atoms. The molecule has 0 spiro atoms. The fraction of sp³-hybridized carbons (Fsp3) is 0.727. The molecule has 9 heteroatoms. The summed E-state index contributed by atoms with van der Waals surface area (Å²) in [5.41, 5.74) is 0. The van der Waals surface area contributed by atoms with Crippen molar-refractivity contribution in [1.29, 1.82) is 0 Å². The first-order valence-corrected chi connectivity index (χ1v) is 5.90. The van der Waals surface area contributed by atoms with E-state index >= 15 is 0 Å². The smallest absolute Gasteiger partial charge is 0.338 e. The van der Waals surface area contributed by atoms with E-state index in [0.29, 0.717) is 0 Å². The lowest BCUT2D eigenvalue weighted by molar-refractivity contribution is -0.291. The van der Waals surface area contributed by atoms with Gasteiger partial charge in [0.15, 0.2) is 5.92 Å². The van der Waals surface area contributed by atoms with E-state index in [1.54, 1.807) is 0 Å². The van der Waals surface area contributed by atoms with Crippen LogP contribution in [0.3, 0.4) is 0 Å². The van der Waals surface area contributed by atoms with Crippen molar-refractivity contribution >= 4 is 0 Å². The average molecular weight is 303 g/mol. The second-order valence-electron chi connectivity index (χ2n) is 4.38. The highest BCUT2D eigenvalue weighted by Gasteiger charge is 2.60. The summed E-state index contributed by atoms with van der Waals surface area (Å²) < 4.78 is 77.8. The third-order valence-corrected chi connectivity index (χ3v) is 2.90. The number of likely N-dealkylation sites (N-methyl/N-ethyl adjacent to an activating group) is 1. The van der Waals surface area contributed by atoms with Gasteiger partial charge in [-0.05, 0) is 6.54 Å². The number of aryl methyl sites for hydroxylation is 1. The number of nitrogens with zero attached hydrogens (tertiary/aromatic N) is 2. The van der Waals surface area contributed by atoms with Crippen LogP contribution in [-0.2, 0) is 13.5 Å². The van der Waals surface area contributed by atoms with Crippen LogP contribution < -0.4 is 5.32 Å². The summed E-state index contributed by atoms with van der Waals surface area (Å²) >= 11 is 0. The number of rotatable bonds is 5. The van der Waals surface area contributed by atoms with Gasteiger partial charge < -0.3 is 9.88 Å². The molecule has 0 aromatic carbocycles. The number of imidazole rings is 1. The van der Waals surface area contributed by atoms with Gasteiger partial charge in [-0.3, -0.25) is 0 Å². The summed E-state index contributed by atoms with van der Waals surface area (Å²) in [5, 5.41) is 2.27. The van der Waals surface area contributed by atoms with Gasteiger partial charge in [-0.1, -0.05) is 6.92 Å². The number of nitrogens with one attached hydrogen (secondary N) is 1. The van der Waals surface area contributed by atoms with Crippen LogP contribution in [0.4, 0.5) is 26.3 Å². The van der Waals surface area contributed by atoms with Crippen LogP contribution >= 0.6 is 0 Å². The highest BCUT2D eigenvalue weighted by molar-refractivity contribution is 4.98. The Kier molecular flexibility index (Phi) is 5.06. The molecule has 0 aliphatic heterocycles. The van der Waals surface area contributed by atoms with Crippen molar-refractivity contribution in [2.75, 3.05) is 6.54 Å². The predicted molar refractivity (Wildman–Crippen MR) is 60.0 cm³/mol. The van der Waals surface area contributed by atoms with E-state index in [-0.39, 0.29) is 12.4 Å². The van der Waals surface area contributed by atoms with E-state index in [4.69, 9.17) is 0 Å². The lowest BCUT2D eigenvalue weighted by Gasteiger charge is -2.31. The highest BCUT2D eigenvalue weighted by Crippen LogP contribution is 2.42. The van der Waals surface area contributed by atoms with Crippen LogP contribution in [0.25, 0.3) is 0 Å². The number of halogens is 6. The minimum absolute atomic E-state index is 0.00223. The topological polar surface area (TPSA) is 29.9 Å². The van der Waals surface area contributed by atoms with Crippen molar-refractivity contribution in [2.24, 2.45) is 13.0 Å². The number of aromatic nitrogens is 2. The Morgan fingerprint density at radius 1 is 1.20 bits per heavy atom. The third-order valence-electron chi connectivity index (χ3n) is 2.90. The Labute approximate surface area is 112 Å². The second-order valence-corrected chi connectivity index (χ2v) is 4.38. The molecule has 0 radical (unpaired) electrons. The maximum Gasteiger partial charge on any atom is 0.402 e. The fourth-order valence-electron chi connectivity index (χ4n) is 2.00. The van der Waals surface area contributed by atoms with E-state index < -0.39 is 30.7 Å². The second kappa shape index (κ2) is 6.02. The van der Waals surface area contributed by atoms with Crippen molar-refractivity contribution in [1.82, 2.24) is 14.9 Å². The first-order valence-electron chi connectivity index (χ1n) is 5.90. The van der Waals surface area contributed by atoms with Gasteiger partial charge in [0.2, 0.25) is 0 Å². The molecule has 1 N–H and O–H groups in total. The van der Waals surface area contributed by atoms with Gasteiger partial charge in [0.05, 0.1) is 0 Å². The minimum atomic E-state index is -5.36. The number of hydrogen-bond donors (Lipinski definition) is 1. The number of alkyl halides is 6. The zero-order chi connectivity index (χ0) is 15.6. The molecule has 1 atom stereocenters. The Hall–Kier alpha value is -1.25. The third kappa shape index (κ3) is 4.12. The lowest BCUT2D eigenvalue weighted by Crippen LogP contribution is -2.52. The highest BCUT2D eigenvalue weighted by atomic mass is 19.4. The zero-order valence-corrected chi connectivity index (χ0v) is 10.9. The molecule has 0 amide bonds. The van der Waals surface area contributed by atoms with Crippen LogP contribution in [0.5, 0.6) is 0 Å². The molecule has 0 aliphatic carbocycles. The SMILES string of the molecule is CCNC(Cc1nccn1C)C(C(F)(F)F)C(F)(F)F. The molecule has 1 unspecified atom stereocenters. The molecule has 0 fully saturated rings. The van der Waals surface area contributed by atoms with Crippen molar-refractivity contribution in [3.8, 4) is 0 Å². The summed E-state index contributed by atoms with van der Waals surface area (Å²) in [6.07, 6.45) is -8.39. The molecule has 0 saturated carbocycles. The molecular weight excluding hydrogens is 288 g/mol. The zero-order valence-electron chi connectivity index (χ0n) is 10.9.